The van der Waals surface area contributed by atoms with Crippen LogP contribution < -0.4 is 0 Å². The molecule has 0 saturated heterocycles. The molecule has 1 atom stereocenters. The predicted octanol–water partition coefficient (Wildman–Crippen LogP) is 11.4. The molecule has 1 unspecified atom stereocenters. The fraction of sp³-hybridized carbons (Fsp3) is 0.588. The average Bonchev–Trinajstić information content (AvgIpc) is 3.30. The molecule has 1 nitrogen and oxygen atoms in total. The second-order valence-electron chi connectivity index (χ2n) is 10.4. The van der Waals surface area contributed by atoms with Crippen molar-refractivity contribution in [3.05, 3.63) is 72.0 Å². The van der Waals surface area contributed by atoms with Crippen LogP contribution in [0, 0.1) is 0 Å². The van der Waals surface area contributed by atoms with Crippen molar-refractivity contribution < 1.29 is 0 Å². The van der Waals surface area contributed by atoms with Crippen molar-refractivity contribution in [3.8, 4) is 0 Å². The first-order valence-electron chi connectivity index (χ1n) is 14.8. The molecule has 194 valence electrons. The first-order valence-corrected chi connectivity index (χ1v) is 14.8. The van der Waals surface area contributed by atoms with Crippen molar-refractivity contribution in [3.63, 3.8) is 0 Å². The number of nitrogens with one attached hydrogen (secondary N) is 1. The highest BCUT2D eigenvalue weighted by Crippen LogP contribution is 2.34. The molecule has 1 heteroatoms. The Morgan fingerprint density at radius 1 is 0.857 bits per heavy atom. The molecule has 0 radical (unpaired) electrons. The van der Waals surface area contributed by atoms with Crippen molar-refractivity contribution in [2.75, 3.05) is 0 Å². The van der Waals surface area contributed by atoms with Crippen LogP contribution in [0.25, 0.3) is 10.9 Å². The van der Waals surface area contributed by atoms with Crippen LogP contribution in [0.15, 0.2) is 60.9 Å². The second-order valence-corrected chi connectivity index (χ2v) is 10.4. The molecule has 0 amide bonds. The molecule has 0 aliphatic heterocycles. The Morgan fingerprint density at radius 3 is 2.29 bits per heavy atom. The van der Waals surface area contributed by atoms with E-state index in [1.54, 1.807) is 0 Å². The van der Waals surface area contributed by atoms with E-state index in [0.717, 1.165) is 19.3 Å². The van der Waals surface area contributed by atoms with E-state index < -0.39 is 0 Å². The molecule has 1 N–H and O–H groups in total. The molecule has 0 spiro atoms. The summed E-state index contributed by atoms with van der Waals surface area (Å²) in [5.74, 6) is 0.657. The minimum Gasteiger partial charge on any atom is -0.361 e. The summed E-state index contributed by atoms with van der Waals surface area (Å²) < 4.78 is 0. The van der Waals surface area contributed by atoms with Crippen molar-refractivity contribution >= 4 is 10.9 Å². The molecule has 0 fully saturated rings. The summed E-state index contributed by atoms with van der Waals surface area (Å²) in [6, 6.07) is 6.74. The SMILES string of the molecule is C=C(CCCCCCC/C=C\C/C=C\CCCCC)Cc1cccc2[nH]cc(C(CC)CCC)c12. The molecule has 1 aromatic heterocycles. The average molecular weight is 476 g/mol. The van der Waals surface area contributed by atoms with E-state index in [0.29, 0.717) is 5.92 Å². The van der Waals surface area contributed by atoms with Gasteiger partial charge < -0.3 is 4.98 Å². The monoisotopic (exact) mass is 475 g/mol. The van der Waals surface area contributed by atoms with Crippen molar-refractivity contribution in [1.29, 1.82) is 0 Å². The van der Waals surface area contributed by atoms with E-state index in [-0.39, 0.29) is 0 Å². The Hall–Kier alpha value is -2.02. The van der Waals surface area contributed by atoms with E-state index in [4.69, 9.17) is 0 Å². The van der Waals surface area contributed by atoms with Crippen LogP contribution in [-0.2, 0) is 6.42 Å². The number of aromatic amines is 1. The minimum atomic E-state index is 0.657. The highest BCUT2D eigenvalue weighted by atomic mass is 14.7. The number of rotatable bonds is 20. The number of H-pyrrole nitrogens is 1. The van der Waals surface area contributed by atoms with Gasteiger partial charge in [-0.2, -0.15) is 0 Å². The van der Waals surface area contributed by atoms with E-state index >= 15 is 0 Å². The zero-order valence-corrected chi connectivity index (χ0v) is 23.2. The van der Waals surface area contributed by atoms with Crippen LogP contribution >= 0.6 is 0 Å². The molecule has 1 heterocycles. The number of unbranched alkanes of at least 4 members (excludes halogenated alkanes) is 8. The molecule has 35 heavy (non-hydrogen) atoms. The largest absolute Gasteiger partial charge is 0.361 e. The van der Waals surface area contributed by atoms with Crippen molar-refractivity contribution in [2.45, 2.75) is 129 Å². The maximum Gasteiger partial charge on any atom is 0.0459 e. The van der Waals surface area contributed by atoms with Crippen LogP contribution in [-0.4, -0.2) is 4.98 Å². The number of fused-ring (bicyclic) bond motifs is 1. The van der Waals surface area contributed by atoms with E-state index in [1.165, 1.54) is 111 Å². The Bertz CT molecular complexity index is 881. The number of allylic oxidation sites excluding steroid dienone is 5. The van der Waals surface area contributed by atoms with Gasteiger partial charge in [-0.1, -0.05) is 108 Å². The molecule has 0 saturated carbocycles. The minimum absolute atomic E-state index is 0.657. The molecular weight excluding hydrogens is 422 g/mol. The molecule has 2 aromatic rings. The van der Waals surface area contributed by atoms with E-state index in [9.17, 15) is 0 Å². The van der Waals surface area contributed by atoms with Gasteiger partial charge in [0.15, 0.2) is 0 Å². The smallest absolute Gasteiger partial charge is 0.0459 e. The number of benzene rings is 1. The lowest BCUT2D eigenvalue weighted by molar-refractivity contribution is 0.599. The van der Waals surface area contributed by atoms with Crippen molar-refractivity contribution in [1.82, 2.24) is 4.98 Å². The van der Waals surface area contributed by atoms with Crippen LogP contribution in [0.3, 0.4) is 0 Å². The normalized spacial score (nSPS) is 12.9. The van der Waals surface area contributed by atoms with Gasteiger partial charge >= 0.3 is 0 Å². The molecule has 1 aromatic carbocycles. The first-order chi connectivity index (χ1) is 17.2. The summed E-state index contributed by atoms with van der Waals surface area (Å²) in [7, 11) is 0. The standard InChI is InChI=1S/C34H53N/c1-5-8-9-10-11-12-13-14-15-16-17-18-19-20-21-24-29(4)27-31-25-22-26-33-34(31)32(28-35-33)30(7-3)23-6-2/h11-12,14-15,22,25-26,28,30,35H,4-10,13,16-21,23-24,27H2,1-3H3/b12-11-,15-14-. The van der Waals surface area contributed by atoms with Gasteiger partial charge in [0.05, 0.1) is 0 Å². The highest BCUT2D eigenvalue weighted by Gasteiger charge is 2.16. The summed E-state index contributed by atoms with van der Waals surface area (Å²) in [6.45, 7) is 11.3. The summed E-state index contributed by atoms with van der Waals surface area (Å²) in [5, 5.41) is 1.47. The lowest BCUT2D eigenvalue weighted by atomic mass is 9.88. The van der Waals surface area contributed by atoms with Gasteiger partial charge in [-0.25, -0.2) is 0 Å². The van der Waals surface area contributed by atoms with Gasteiger partial charge in [-0.05, 0) is 87.3 Å². The topological polar surface area (TPSA) is 15.8 Å². The van der Waals surface area contributed by atoms with Crippen molar-refractivity contribution in [2.24, 2.45) is 0 Å². The van der Waals surface area contributed by atoms with Gasteiger partial charge in [0, 0.05) is 17.1 Å². The van der Waals surface area contributed by atoms with Crippen LogP contribution in [0.5, 0.6) is 0 Å². The fourth-order valence-corrected chi connectivity index (χ4v) is 5.23. The molecule has 2 rings (SSSR count). The molecular formula is C34H53N. The van der Waals surface area contributed by atoms with Gasteiger partial charge in [-0.15, -0.1) is 0 Å². The molecule has 0 aliphatic carbocycles. The van der Waals surface area contributed by atoms with Gasteiger partial charge in [0.25, 0.3) is 0 Å². The number of hydrogen-bond acceptors (Lipinski definition) is 0. The zero-order valence-electron chi connectivity index (χ0n) is 23.2. The number of aromatic nitrogens is 1. The predicted molar refractivity (Wildman–Crippen MR) is 158 cm³/mol. The maximum atomic E-state index is 4.45. The number of hydrogen-bond donors (Lipinski definition) is 1. The molecule has 0 bridgehead atoms. The fourth-order valence-electron chi connectivity index (χ4n) is 5.23. The second kappa shape index (κ2) is 18.3. The summed E-state index contributed by atoms with van der Waals surface area (Å²) in [4.78, 5) is 3.54. The van der Waals surface area contributed by atoms with Gasteiger partial charge in [-0.3, -0.25) is 0 Å². The lowest BCUT2D eigenvalue weighted by Gasteiger charge is -2.15. The van der Waals surface area contributed by atoms with E-state index in [1.807, 2.05) is 0 Å². The lowest BCUT2D eigenvalue weighted by Crippen LogP contribution is -1.98. The third-order valence-electron chi connectivity index (χ3n) is 7.31. The summed E-state index contributed by atoms with van der Waals surface area (Å²) in [5.41, 5.74) is 5.65. The van der Waals surface area contributed by atoms with Gasteiger partial charge in [0.1, 0.15) is 0 Å². The van der Waals surface area contributed by atoms with Crippen LogP contribution in [0.2, 0.25) is 0 Å². The van der Waals surface area contributed by atoms with E-state index in [2.05, 4.69) is 81.0 Å². The van der Waals surface area contributed by atoms with Gasteiger partial charge in [0.2, 0.25) is 0 Å². The van der Waals surface area contributed by atoms with Crippen LogP contribution in [0.4, 0.5) is 0 Å². The Kier molecular flexibility index (Phi) is 15.3. The molecule has 0 aliphatic rings. The summed E-state index contributed by atoms with van der Waals surface area (Å²) >= 11 is 0. The third-order valence-corrected chi connectivity index (χ3v) is 7.31. The highest BCUT2D eigenvalue weighted by molar-refractivity contribution is 5.87. The third kappa shape index (κ3) is 11.1. The zero-order chi connectivity index (χ0) is 25.1. The van der Waals surface area contributed by atoms with Crippen LogP contribution in [0.1, 0.15) is 134 Å². The Balaban J connectivity index is 1.63. The maximum absolute atomic E-state index is 4.45. The first kappa shape index (κ1) is 29.2. The summed E-state index contributed by atoms with van der Waals surface area (Å²) in [6.07, 6.45) is 31.8. The quantitative estimate of drug-likeness (QED) is 0.145. The Morgan fingerprint density at radius 2 is 1.57 bits per heavy atom. The Labute approximate surface area is 217 Å².